The van der Waals surface area contributed by atoms with Crippen molar-refractivity contribution in [3.05, 3.63) is 48.5 Å². The zero-order valence-electron chi connectivity index (χ0n) is 12.3. The summed E-state index contributed by atoms with van der Waals surface area (Å²) in [5.41, 5.74) is 0.276. The number of amides is 1. The molecule has 0 aliphatic heterocycles. The van der Waals surface area contributed by atoms with E-state index in [0.29, 0.717) is 16.7 Å². The second-order valence-electron chi connectivity index (χ2n) is 4.70. The lowest BCUT2D eigenvalue weighted by atomic mass is 10.3. The van der Waals surface area contributed by atoms with Gasteiger partial charge in [-0.05, 0) is 24.3 Å². The molecule has 0 aromatic heterocycles. The maximum Gasteiger partial charge on any atom is 0.398 e. The molecule has 0 aliphatic rings. The van der Waals surface area contributed by atoms with Crippen LogP contribution in [0.3, 0.4) is 0 Å². The van der Waals surface area contributed by atoms with Crippen LogP contribution in [0.25, 0.3) is 0 Å². The number of hydrogen-bond donors (Lipinski definition) is 2. The van der Waals surface area contributed by atoms with E-state index in [-0.39, 0.29) is 23.8 Å². The predicted octanol–water partition coefficient (Wildman–Crippen LogP) is 4.06. The Labute approximate surface area is 140 Å². The first kappa shape index (κ1) is 18.0. The van der Waals surface area contributed by atoms with Crippen molar-refractivity contribution in [1.82, 2.24) is 0 Å². The topological polar surface area (TPSA) is 58.6 Å². The number of carbonyl (C=O) groups is 1. The molecule has 0 bridgehead atoms. The van der Waals surface area contributed by atoms with Gasteiger partial charge in [0, 0.05) is 4.90 Å². The van der Waals surface area contributed by atoms with E-state index >= 15 is 0 Å². The van der Waals surface area contributed by atoms with Gasteiger partial charge < -0.3 is 15.2 Å². The molecule has 0 radical (unpaired) electrons. The number of hydrogen-bond acceptors (Lipinski definition) is 4. The fourth-order valence-electron chi connectivity index (χ4n) is 1.76. The first-order valence-corrected chi connectivity index (χ1v) is 7.83. The molecule has 0 atom stereocenters. The first-order valence-electron chi connectivity index (χ1n) is 6.84. The van der Waals surface area contributed by atoms with Gasteiger partial charge in [-0.3, -0.25) is 4.79 Å². The molecule has 0 saturated heterocycles. The average molecular weight is 357 g/mol. The van der Waals surface area contributed by atoms with E-state index < -0.39 is 17.8 Å². The Bertz CT molecular complexity index is 707. The molecular formula is C16H14F3NO3S. The molecule has 0 heterocycles. The summed E-state index contributed by atoms with van der Waals surface area (Å²) >= 11 is 0.592. The largest absolute Gasteiger partial charge is 0.504 e. The van der Waals surface area contributed by atoms with Crippen LogP contribution in [0.5, 0.6) is 11.5 Å². The van der Waals surface area contributed by atoms with Gasteiger partial charge in [0.05, 0.1) is 11.4 Å². The minimum Gasteiger partial charge on any atom is -0.504 e. The van der Waals surface area contributed by atoms with E-state index in [1.807, 2.05) is 0 Å². The molecule has 1 amide bonds. The van der Waals surface area contributed by atoms with Gasteiger partial charge >= 0.3 is 6.18 Å². The molecule has 2 rings (SSSR count). The van der Waals surface area contributed by atoms with Crippen LogP contribution in [0.4, 0.5) is 18.9 Å². The summed E-state index contributed by atoms with van der Waals surface area (Å²) in [4.78, 5) is 12.2. The number of nitrogens with one attached hydrogen (secondary N) is 1. The Morgan fingerprint density at radius 2 is 1.79 bits per heavy atom. The van der Waals surface area contributed by atoms with E-state index in [1.54, 1.807) is 24.3 Å². The van der Waals surface area contributed by atoms with Gasteiger partial charge in [-0.2, -0.15) is 13.2 Å². The zero-order valence-corrected chi connectivity index (χ0v) is 13.2. The highest BCUT2D eigenvalue weighted by Crippen LogP contribution is 2.32. The molecule has 4 nitrogen and oxygen atoms in total. The van der Waals surface area contributed by atoms with Crippen molar-refractivity contribution in [3.8, 4) is 11.5 Å². The molecule has 0 fully saturated rings. The number of phenolic OH excluding ortho intramolecular Hbond substituents is 1. The third-order valence-corrected chi connectivity index (χ3v) is 3.92. The molecule has 24 heavy (non-hydrogen) atoms. The van der Waals surface area contributed by atoms with E-state index in [1.165, 1.54) is 24.3 Å². The summed E-state index contributed by atoms with van der Waals surface area (Å²) < 4.78 is 42.2. The highest BCUT2D eigenvalue weighted by molar-refractivity contribution is 7.99. The van der Waals surface area contributed by atoms with Crippen LogP contribution in [0.1, 0.15) is 0 Å². The molecular weight excluding hydrogens is 343 g/mol. The van der Waals surface area contributed by atoms with Crippen molar-refractivity contribution in [1.29, 1.82) is 0 Å². The Kier molecular flexibility index (Phi) is 5.97. The van der Waals surface area contributed by atoms with Crippen LogP contribution in [0.15, 0.2) is 53.4 Å². The van der Waals surface area contributed by atoms with Gasteiger partial charge in [0.1, 0.15) is 0 Å². The number of alkyl halides is 3. The monoisotopic (exact) mass is 357 g/mol. The summed E-state index contributed by atoms with van der Waals surface area (Å²) in [7, 11) is 0. The molecule has 0 unspecified atom stereocenters. The van der Waals surface area contributed by atoms with Crippen LogP contribution in [-0.4, -0.2) is 29.5 Å². The van der Waals surface area contributed by atoms with Crippen molar-refractivity contribution >= 4 is 23.4 Å². The lowest BCUT2D eigenvalue weighted by Crippen LogP contribution is -2.20. The number of benzene rings is 2. The van der Waals surface area contributed by atoms with Gasteiger partial charge in [-0.1, -0.05) is 24.3 Å². The Morgan fingerprint density at radius 1 is 1.12 bits per heavy atom. The third-order valence-electron chi connectivity index (χ3n) is 2.78. The van der Waals surface area contributed by atoms with Gasteiger partial charge in [0.15, 0.2) is 18.1 Å². The highest BCUT2D eigenvalue weighted by Gasteiger charge is 2.27. The quantitative estimate of drug-likeness (QED) is 0.766. The lowest BCUT2D eigenvalue weighted by Gasteiger charge is -2.12. The summed E-state index contributed by atoms with van der Waals surface area (Å²) in [6, 6.07) is 12.4. The van der Waals surface area contributed by atoms with Crippen LogP contribution in [0.2, 0.25) is 0 Å². The van der Waals surface area contributed by atoms with Gasteiger partial charge in [0.2, 0.25) is 0 Å². The number of phenols is 1. The Hall–Kier alpha value is -2.35. The van der Waals surface area contributed by atoms with E-state index in [0.717, 1.165) is 0 Å². The van der Waals surface area contributed by atoms with Crippen LogP contribution >= 0.6 is 11.8 Å². The van der Waals surface area contributed by atoms with Crippen molar-refractivity contribution in [2.24, 2.45) is 0 Å². The highest BCUT2D eigenvalue weighted by atomic mass is 32.2. The molecule has 0 spiro atoms. The number of halogens is 3. The lowest BCUT2D eigenvalue weighted by molar-refractivity contribution is -0.118. The number of aromatic hydroxyl groups is 1. The fourth-order valence-corrected chi connectivity index (χ4v) is 2.53. The summed E-state index contributed by atoms with van der Waals surface area (Å²) in [5, 5.41) is 12.0. The van der Waals surface area contributed by atoms with Crippen LogP contribution in [-0.2, 0) is 4.79 Å². The molecule has 0 aliphatic carbocycles. The third kappa shape index (κ3) is 5.69. The average Bonchev–Trinajstić information content (AvgIpc) is 2.52. The summed E-state index contributed by atoms with van der Waals surface area (Å²) in [6.45, 7) is -0.379. The SMILES string of the molecule is O=C(COc1ccccc1O)Nc1ccccc1SCC(F)(F)F. The van der Waals surface area contributed by atoms with E-state index in [9.17, 15) is 23.1 Å². The Morgan fingerprint density at radius 3 is 2.50 bits per heavy atom. The normalized spacial score (nSPS) is 11.1. The van der Waals surface area contributed by atoms with Gasteiger partial charge in [-0.15, -0.1) is 11.8 Å². The molecule has 2 N–H and O–H groups in total. The van der Waals surface area contributed by atoms with E-state index in [2.05, 4.69) is 5.32 Å². The molecule has 8 heteroatoms. The second kappa shape index (κ2) is 7.96. The van der Waals surface area contributed by atoms with Crippen molar-refractivity contribution in [2.75, 3.05) is 17.7 Å². The molecule has 2 aromatic carbocycles. The predicted molar refractivity (Wildman–Crippen MR) is 85.5 cm³/mol. The minimum absolute atomic E-state index is 0.105. The van der Waals surface area contributed by atoms with Gasteiger partial charge in [0.25, 0.3) is 5.91 Å². The van der Waals surface area contributed by atoms with Gasteiger partial charge in [-0.25, -0.2) is 0 Å². The van der Waals surface area contributed by atoms with E-state index in [4.69, 9.17) is 4.74 Å². The van der Waals surface area contributed by atoms with Crippen molar-refractivity contribution in [3.63, 3.8) is 0 Å². The molecule has 128 valence electrons. The number of rotatable bonds is 6. The smallest absolute Gasteiger partial charge is 0.398 e. The van der Waals surface area contributed by atoms with Crippen molar-refractivity contribution in [2.45, 2.75) is 11.1 Å². The number of anilines is 1. The maximum atomic E-state index is 12.3. The minimum atomic E-state index is -4.30. The summed E-state index contributed by atoms with van der Waals surface area (Å²) in [6.07, 6.45) is -4.30. The van der Waals surface area contributed by atoms with Crippen LogP contribution < -0.4 is 10.1 Å². The summed E-state index contributed by atoms with van der Waals surface area (Å²) in [5.74, 6) is -1.55. The first-order chi connectivity index (χ1) is 11.3. The molecule has 0 saturated carbocycles. The van der Waals surface area contributed by atoms with Crippen LogP contribution in [0, 0.1) is 0 Å². The number of para-hydroxylation sites is 3. The number of ether oxygens (including phenoxy) is 1. The number of carbonyl (C=O) groups excluding carboxylic acids is 1. The maximum absolute atomic E-state index is 12.3. The fraction of sp³-hybridized carbons (Fsp3) is 0.188. The number of thioether (sulfide) groups is 1. The zero-order chi connectivity index (χ0) is 17.6. The standard InChI is InChI=1S/C16H14F3NO3S/c17-16(18,19)10-24-14-8-4-1-5-11(14)20-15(22)9-23-13-7-3-2-6-12(13)21/h1-8,21H,9-10H2,(H,20,22). The Balaban J connectivity index is 1.95. The second-order valence-corrected chi connectivity index (χ2v) is 5.72. The molecule has 2 aromatic rings. The van der Waals surface area contributed by atoms with Crippen molar-refractivity contribution < 1.29 is 27.8 Å².